The van der Waals surface area contributed by atoms with Crippen LogP contribution in [0.2, 0.25) is 0 Å². The van der Waals surface area contributed by atoms with Gasteiger partial charge in [-0.2, -0.15) is 0 Å². The Kier molecular flexibility index (Phi) is 6.27. The fraction of sp³-hybridized carbons (Fsp3) is 0.522. The molecule has 2 saturated heterocycles. The van der Waals surface area contributed by atoms with Crippen molar-refractivity contribution in [2.75, 3.05) is 32.8 Å². The summed E-state index contributed by atoms with van der Waals surface area (Å²) in [4.78, 5) is 43.1. The number of ether oxygens (including phenoxy) is 1. The minimum absolute atomic E-state index is 0.000481. The van der Waals surface area contributed by atoms with E-state index in [2.05, 4.69) is 19.9 Å². The first-order valence-electron chi connectivity index (χ1n) is 10.9. The van der Waals surface area contributed by atoms with Crippen LogP contribution in [0, 0.1) is 18.3 Å². The molecule has 8 heteroatoms. The summed E-state index contributed by atoms with van der Waals surface area (Å²) in [5, 5.41) is 0. The second-order valence-corrected chi connectivity index (χ2v) is 8.46. The maximum Gasteiger partial charge on any atom is 0.313 e. The number of likely N-dealkylation sites (tertiary alicyclic amines) is 2. The molecule has 164 valence electrons. The van der Waals surface area contributed by atoms with Crippen LogP contribution in [0.15, 0.2) is 36.8 Å². The summed E-state index contributed by atoms with van der Waals surface area (Å²) in [5.74, 6) is -0.278. The van der Waals surface area contributed by atoms with Crippen molar-refractivity contribution < 1.29 is 14.3 Å². The van der Waals surface area contributed by atoms with Crippen molar-refractivity contribution in [1.82, 2.24) is 24.8 Å². The van der Waals surface area contributed by atoms with E-state index >= 15 is 0 Å². The molecule has 2 aromatic rings. The SMILES string of the molecule is CCOC(=O)[C@]12CCCN(C(=O)c3cnccn3)C[C@H]1CN(Cc1cccc(C)n1)C2. The summed E-state index contributed by atoms with van der Waals surface area (Å²) in [5.41, 5.74) is 1.71. The zero-order chi connectivity index (χ0) is 21.8. The van der Waals surface area contributed by atoms with Crippen molar-refractivity contribution in [2.45, 2.75) is 33.2 Å². The van der Waals surface area contributed by atoms with Gasteiger partial charge >= 0.3 is 5.97 Å². The molecule has 31 heavy (non-hydrogen) atoms. The van der Waals surface area contributed by atoms with E-state index in [4.69, 9.17) is 4.74 Å². The first kappa shape index (κ1) is 21.4. The molecule has 2 atom stereocenters. The molecule has 0 bridgehead atoms. The lowest BCUT2D eigenvalue weighted by Crippen LogP contribution is -2.43. The van der Waals surface area contributed by atoms with Crippen LogP contribution >= 0.6 is 0 Å². The molecule has 2 fully saturated rings. The van der Waals surface area contributed by atoms with Crippen LogP contribution in [0.3, 0.4) is 0 Å². The molecule has 0 N–H and O–H groups in total. The Bertz CT molecular complexity index is 938. The lowest BCUT2D eigenvalue weighted by Gasteiger charge is -2.31. The van der Waals surface area contributed by atoms with Crippen LogP contribution in [0.5, 0.6) is 0 Å². The Balaban J connectivity index is 1.57. The highest BCUT2D eigenvalue weighted by molar-refractivity contribution is 5.92. The summed E-state index contributed by atoms with van der Waals surface area (Å²) in [7, 11) is 0. The summed E-state index contributed by atoms with van der Waals surface area (Å²) >= 11 is 0. The Morgan fingerprint density at radius 3 is 2.87 bits per heavy atom. The summed E-state index contributed by atoms with van der Waals surface area (Å²) in [6, 6.07) is 6.00. The standard InChI is InChI=1S/C23H29N5O3/c1-3-31-22(30)23-8-5-11-28(21(29)20-12-24-9-10-25-20)14-18(23)13-27(16-23)15-19-7-4-6-17(2)26-19/h4,6-7,9-10,12,18H,3,5,8,11,13-16H2,1-2H3/t18-,23+/m1/s1. The van der Waals surface area contributed by atoms with Gasteiger partial charge in [-0.1, -0.05) is 6.07 Å². The van der Waals surface area contributed by atoms with E-state index in [-0.39, 0.29) is 17.8 Å². The van der Waals surface area contributed by atoms with Gasteiger partial charge in [0.25, 0.3) is 5.91 Å². The highest BCUT2D eigenvalue weighted by Crippen LogP contribution is 2.44. The molecule has 4 heterocycles. The zero-order valence-corrected chi connectivity index (χ0v) is 18.2. The molecule has 0 aromatic carbocycles. The van der Waals surface area contributed by atoms with E-state index < -0.39 is 5.41 Å². The Morgan fingerprint density at radius 2 is 2.13 bits per heavy atom. The number of hydrogen-bond acceptors (Lipinski definition) is 7. The molecule has 0 unspecified atom stereocenters. The van der Waals surface area contributed by atoms with Crippen LogP contribution in [-0.2, 0) is 16.1 Å². The first-order valence-corrected chi connectivity index (χ1v) is 10.9. The largest absolute Gasteiger partial charge is 0.466 e. The molecule has 1 amide bonds. The number of nitrogens with zero attached hydrogens (tertiary/aromatic N) is 5. The monoisotopic (exact) mass is 423 g/mol. The van der Waals surface area contributed by atoms with E-state index in [0.29, 0.717) is 44.9 Å². The van der Waals surface area contributed by atoms with Gasteiger partial charge < -0.3 is 9.64 Å². The molecule has 2 aromatic heterocycles. The van der Waals surface area contributed by atoms with Gasteiger partial charge in [-0.25, -0.2) is 4.98 Å². The number of hydrogen-bond donors (Lipinski definition) is 0. The summed E-state index contributed by atoms with van der Waals surface area (Å²) < 4.78 is 5.53. The normalized spacial score (nSPS) is 23.8. The molecular formula is C23H29N5O3. The molecule has 0 radical (unpaired) electrons. The number of aryl methyl sites for hydroxylation is 1. The van der Waals surface area contributed by atoms with Gasteiger partial charge in [0.1, 0.15) is 5.69 Å². The summed E-state index contributed by atoms with van der Waals surface area (Å²) in [6.07, 6.45) is 6.03. The first-order chi connectivity index (χ1) is 15.0. The molecule has 2 aliphatic heterocycles. The fourth-order valence-electron chi connectivity index (χ4n) is 4.94. The number of esters is 1. The van der Waals surface area contributed by atoms with E-state index in [1.165, 1.54) is 12.4 Å². The highest BCUT2D eigenvalue weighted by atomic mass is 16.5. The third-order valence-electron chi connectivity index (χ3n) is 6.34. The molecule has 0 spiro atoms. The molecule has 2 aliphatic rings. The van der Waals surface area contributed by atoms with E-state index in [1.807, 2.05) is 36.9 Å². The maximum atomic E-state index is 13.2. The highest BCUT2D eigenvalue weighted by Gasteiger charge is 2.54. The van der Waals surface area contributed by atoms with Crippen LogP contribution in [0.1, 0.15) is 41.6 Å². The molecule has 0 saturated carbocycles. The number of carbonyl (C=O) groups is 2. The predicted molar refractivity (Wildman–Crippen MR) is 114 cm³/mol. The van der Waals surface area contributed by atoms with E-state index in [0.717, 1.165) is 24.4 Å². The Hall–Kier alpha value is -2.87. The van der Waals surface area contributed by atoms with Crippen molar-refractivity contribution in [3.8, 4) is 0 Å². The number of carbonyl (C=O) groups excluding carboxylic acids is 2. The number of rotatable bonds is 5. The zero-order valence-electron chi connectivity index (χ0n) is 18.2. The van der Waals surface area contributed by atoms with Gasteiger partial charge in [0.2, 0.25) is 0 Å². The third kappa shape index (κ3) is 4.44. The second-order valence-electron chi connectivity index (χ2n) is 8.46. The van der Waals surface area contributed by atoms with Crippen LogP contribution in [-0.4, -0.2) is 69.4 Å². The lowest BCUT2D eigenvalue weighted by molar-refractivity contribution is -0.157. The van der Waals surface area contributed by atoms with E-state index in [9.17, 15) is 9.59 Å². The lowest BCUT2D eigenvalue weighted by atomic mass is 9.75. The van der Waals surface area contributed by atoms with Crippen molar-refractivity contribution in [1.29, 1.82) is 0 Å². The van der Waals surface area contributed by atoms with Crippen molar-refractivity contribution in [2.24, 2.45) is 11.3 Å². The number of amides is 1. The number of fused-ring (bicyclic) bond motifs is 1. The minimum Gasteiger partial charge on any atom is -0.466 e. The van der Waals surface area contributed by atoms with Gasteiger partial charge in [-0.05, 0) is 38.8 Å². The minimum atomic E-state index is -0.600. The van der Waals surface area contributed by atoms with Gasteiger partial charge in [0, 0.05) is 56.7 Å². The molecular weight excluding hydrogens is 394 g/mol. The average Bonchev–Trinajstić information content (AvgIpc) is 3.00. The predicted octanol–water partition coefficient (Wildman–Crippen LogP) is 2.10. The fourth-order valence-corrected chi connectivity index (χ4v) is 4.94. The topological polar surface area (TPSA) is 88.5 Å². The smallest absolute Gasteiger partial charge is 0.313 e. The number of aromatic nitrogens is 3. The number of pyridine rings is 1. The second kappa shape index (κ2) is 9.09. The molecule has 4 rings (SSSR count). The third-order valence-corrected chi connectivity index (χ3v) is 6.34. The van der Waals surface area contributed by atoms with Gasteiger partial charge in [0.15, 0.2) is 0 Å². The van der Waals surface area contributed by atoms with Crippen molar-refractivity contribution in [3.63, 3.8) is 0 Å². The average molecular weight is 424 g/mol. The Morgan fingerprint density at radius 1 is 1.26 bits per heavy atom. The summed E-state index contributed by atoms with van der Waals surface area (Å²) in [6.45, 7) is 7.31. The van der Waals surface area contributed by atoms with Crippen molar-refractivity contribution >= 4 is 11.9 Å². The van der Waals surface area contributed by atoms with Crippen molar-refractivity contribution in [3.05, 3.63) is 53.9 Å². The quantitative estimate of drug-likeness (QED) is 0.681. The van der Waals surface area contributed by atoms with Gasteiger partial charge in [0.05, 0.1) is 23.9 Å². The van der Waals surface area contributed by atoms with E-state index in [1.54, 1.807) is 6.20 Å². The van der Waals surface area contributed by atoms with Gasteiger partial charge in [-0.15, -0.1) is 0 Å². The van der Waals surface area contributed by atoms with Gasteiger partial charge in [-0.3, -0.25) is 24.5 Å². The maximum absolute atomic E-state index is 13.2. The molecule has 0 aliphatic carbocycles. The molecule has 8 nitrogen and oxygen atoms in total. The van der Waals surface area contributed by atoms with Crippen LogP contribution < -0.4 is 0 Å². The van der Waals surface area contributed by atoms with Crippen LogP contribution in [0.25, 0.3) is 0 Å². The van der Waals surface area contributed by atoms with Crippen LogP contribution in [0.4, 0.5) is 0 Å². The Labute approximate surface area is 182 Å².